The first-order valence-electron chi connectivity index (χ1n) is 8.00. The van der Waals surface area contributed by atoms with E-state index in [1.165, 1.54) is 27.4 Å². The van der Waals surface area contributed by atoms with Gasteiger partial charge in [0.1, 0.15) is 0 Å². The lowest BCUT2D eigenvalue weighted by Crippen LogP contribution is -2.50. The maximum absolute atomic E-state index is 12.7. The van der Waals surface area contributed by atoms with Gasteiger partial charge in [-0.15, -0.1) is 11.3 Å². The van der Waals surface area contributed by atoms with Crippen LogP contribution < -0.4 is 0 Å². The largest absolute Gasteiger partial charge is 0.335 e. The summed E-state index contributed by atoms with van der Waals surface area (Å²) in [6, 6.07) is 7.31. The molecule has 1 aliphatic rings. The smallest absolute Gasteiger partial charge is 0.283 e. The molecule has 0 aliphatic carbocycles. The van der Waals surface area contributed by atoms with Crippen LogP contribution in [-0.4, -0.2) is 54.6 Å². The number of amides is 1. The van der Waals surface area contributed by atoms with Crippen LogP contribution in [-0.2, 0) is 10.0 Å². The number of piperazine rings is 1. The second-order valence-electron chi connectivity index (χ2n) is 5.96. The van der Waals surface area contributed by atoms with Crippen LogP contribution in [0.15, 0.2) is 35.2 Å². The van der Waals surface area contributed by atoms with Gasteiger partial charge >= 0.3 is 0 Å². The molecule has 0 N–H and O–H groups in total. The highest BCUT2D eigenvalue weighted by molar-refractivity contribution is 7.89. The van der Waals surface area contributed by atoms with E-state index in [1.807, 2.05) is 0 Å². The van der Waals surface area contributed by atoms with E-state index >= 15 is 0 Å². The van der Waals surface area contributed by atoms with Crippen LogP contribution in [0.25, 0.3) is 0 Å². The number of aryl methyl sites for hydroxylation is 1. The van der Waals surface area contributed by atoms with E-state index in [4.69, 9.17) is 11.6 Å². The fourth-order valence-corrected chi connectivity index (χ4v) is 5.50. The molecule has 27 heavy (non-hydrogen) atoms. The first kappa shape index (κ1) is 19.7. The molecule has 1 amide bonds. The molecule has 8 nitrogen and oxygen atoms in total. The maximum atomic E-state index is 12.7. The third-order valence-electron chi connectivity index (χ3n) is 4.26. The van der Waals surface area contributed by atoms with E-state index in [0.717, 1.165) is 11.3 Å². The third-order valence-corrected chi connectivity index (χ3v) is 7.42. The number of thiophene rings is 1. The van der Waals surface area contributed by atoms with E-state index in [1.54, 1.807) is 19.1 Å². The summed E-state index contributed by atoms with van der Waals surface area (Å²) in [4.78, 5) is 25.4. The fraction of sp³-hybridized carbons (Fsp3) is 0.312. The monoisotopic (exact) mass is 429 g/mol. The second-order valence-corrected chi connectivity index (χ2v) is 9.59. The van der Waals surface area contributed by atoms with Crippen LogP contribution in [0.4, 0.5) is 5.69 Å². The fourth-order valence-electron chi connectivity index (χ4n) is 2.82. The highest BCUT2D eigenvalue weighted by atomic mass is 35.5. The molecule has 0 radical (unpaired) electrons. The van der Waals surface area contributed by atoms with E-state index in [0.29, 0.717) is 9.90 Å². The number of halogens is 1. The number of benzene rings is 1. The molecule has 1 aliphatic heterocycles. The Kier molecular flexibility index (Phi) is 5.52. The van der Waals surface area contributed by atoms with Gasteiger partial charge in [-0.2, -0.15) is 4.31 Å². The maximum Gasteiger partial charge on any atom is 0.283 e. The first-order chi connectivity index (χ1) is 12.7. The molecule has 11 heteroatoms. The molecule has 0 bridgehead atoms. The minimum Gasteiger partial charge on any atom is -0.335 e. The average molecular weight is 430 g/mol. The topological polar surface area (TPSA) is 101 Å². The first-order valence-corrected chi connectivity index (χ1v) is 10.6. The lowest BCUT2D eigenvalue weighted by molar-refractivity contribution is -0.385. The molecule has 3 rings (SSSR count). The molecule has 2 aromatic rings. The SMILES string of the molecule is Cc1sc(C(=O)N2CCN(S(=O)(=O)c3cccc(Cl)c3)CC2)cc1[N+](=O)[O-]. The van der Waals surface area contributed by atoms with Gasteiger partial charge in [-0.05, 0) is 25.1 Å². The van der Waals surface area contributed by atoms with Crippen molar-refractivity contribution in [2.75, 3.05) is 26.2 Å². The van der Waals surface area contributed by atoms with Crippen molar-refractivity contribution in [3.8, 4) is 0 Å². The molecular formula is C16H16ClN3O5S2. The summed E-state index contributed by atoms with van der Waals surface area (Å²) in [5.74, 6) is -0.323. The van der Waals surface area contributed by atoms with Gasteiger partial charge in [-0.25, -0.2) is 8.42 Å². The van der Waals surface area contributed by atoms with Crippen LogP contribution in [0, 0.1) is 17.0 Å². The minimum atomic E-state index is -3.69. The van der Waals surface area contributed by atoms with Crippen molar-refractivity contribution in [3.05, 3.63) is 55.2 Å². The highest BCUT2D eigenvalue weighted by Crippen LogP contribution is 2.29. The van der Waals surface area contributed by atoms with Gasteiger partial charge in [0.25, 0.3) is 11.6 Å². The zero-order valence-corrected chi connectivity index (χ0v) is 16.7. The zero-order valence-electron chi connectivity index (χ0n) is 14.3. The van der Waals surface area contributed by atoms with Crippen molar-refractivity contribution in [2.45, 2.75) is 11.8 Å². The van der Waals surface area contributed by atoms with Gasteiger partial charge in [0.05, 0.1) is 19.6 Å². The summed E-state index contributed by atoms with van der Waals surface area (Å²) in [6.07, 6.45) is 0. The normalized spacial score (nSPS) is 15.7. The Labute approximate surface area is 165 Å². The van der Waals surface area contributed by atoms with Crippen molar-refractivity contribution < 1.29 is 18.1 Å². The molecule has 1 fully saturated rings. The highest BCUT2D eigenvalue weighted by Gasteiger charge is 2.31. The molecular weight excluding hydrogens is 414 g/mol. The molecule has 0 spiro atoms. The van der Waals surface area contributed by atoms with Crippen molar-refractivity contribution >= 4 is 44.6 Å². The van der Waals surface area contributed by atoms with Crippen molar-refractivity contribution in [2.24, 2.45) is 0 Å². The number of sulfonamides is 1. The summed E-state index contributed by atoms with van der Waals surface area (Å²) in [5.41, 5.74) is -0.0782. The molecule has 144 valence electrons. The summed E-state index contributed by atoms with van der Waals surface area (Å²) in [7, 11) is -3.69. The number of hydrogen-bond acceptors (Lipinski definition) is 6. The Morgan fingerprint density at radius 2 is 1.89 bits per heavy atom. The molecule has 0 atom stereocenters. The van der Waals surface area contributed by atoms with Crippen LogP contribution in [0.2, 0.25) is 5.02 Å². The predicted molar refractivity (Wildman–Crippen MR) is 102 cm³/mol. The number of carbonyl (C=O) groups excluding carboxylic acids is 1. The van der Waals surface area contributed by atoms with Crippen LogP contribution in [0.1, 0.15) is 14.5 Å². The lowest BCUT2D eigenvalue weighted by atomic mass is 10.3. The Balaban J connectivity index is 1.71. The minimum absolute atomic E-state index is 0.0782. The van der Waals surface area contributed by atoms with Crippen molar-refractivity contribution in [3.63, 3.8) is 0 Å². The zero-order chi connectivity index (χ0) is 19.8. The van der Waals surface area contributed by atoms with Gasteiger partial charge in [0, 0.05) is 37.3 Å². The molecule has 0 unspecified atom stereocenters. The van der Waals surface area contributed by atoms with Gasteiger partial charge in [0.2, 0.25) is 10.0 Å². The number of hydrogen-bond donors (Lipinski definition) is 0. The summed E-state index contributed by atoms with van der Waals surface area (Å²) in [6.45, 7) is 2.31. The van der Waals surface area contributed by atoms with E-state index < -0.39 is 14.9 Å². The number of nitro groups is 1. The van der Waals surface area contributed by atoms with E-state index in [9.17, 15) is 23.3 Å². The summed E-state index contributed by atoms with van der Waals surface area (Å²) < 4.78 is 26.7. The van der Waals surface area contributed by atoms with Crippen LogP contribution >= 0.6 is 22.9 Å². The molecule has 1 aromatic heterocycles. The Hall–Kier alpha value is -2.01. The van der Waals surface area contributed by atoms with Crippen LogP contribution in [0.5, 0.6) is 0 Å². The summed E-state index contributed by atoms with van der Waals surface area (Å²) in [5, 5.41) is 11.3. The predicted octanol–water partition coefficient (Wildman–Crippen LogP) is 2.76. The van der Waals surface area contributed by atoms with Gasteiger partial charge < -0.3 is 4.90 Å². The molecule has 0 saturated carbocycles. The number of rotatable bonds is 4. The third kappa shape index (κ3) is 3.98. The van der Waals surface area contributed by atoms with Crippen LogP contribution in [0.3, 0.4) is 0 Å². The number of carbonyl (C=O) groups is 1. The van der Waals surface area contributed by atoms with Gasteiger partial charge in [-0.1, -0.05) is 17.7 Å². The van der Waals surface area contributed by atoms with E-state index in [2.05, 4.69) is 0 Å². The standard InChI is InChI=1S/C16H16ClN3O5S2/c1-11-14(20(22)23)10-15(26-11)16(21)18-5-7-19(8-6-18)27(24,25)13-4-2-3-12(17)9-13/h2-4,9-10H,5-8H2,1H3. The Morgan fingerprint density at radius 1 is 1.22 bits per heavy atom. The van der Waals surface area contributed by atoms with Crippen molar-refractivity contribution in [1.29, 1.82) is 0 Å². The Morgan fingerprint density at radius 3 is 2.44 bits per heavy atom. The van der Waals surface area contributed by atoms with Crippen molar-refractivity contribution in [1.82, 2.24) is 9.21 Å². The second kappa shape index (κ2) is 7.55. The molecule has 2 heterocycles. The molecule has 1 saturated heterocycles. The average Bonchev–Trinajstić information content (AvgIpc) is 3.03. The van der Waals surface area contributed by atoms with Gasteiger partial charge in [-0.3, -0.25) is 14.9 Å². The van der Waals surface area contributed by atoms with E-state index in [-0.39, 0.29) is 47.5 Å². The Bertz CT molecular complexity index is 997. The van der Waals surface area contributed by atoms with Gasteiger partial charge in [0.15, 0.2) is 0 Å². The quantitative estimate of drug-likeness (QED) is 0.549. The summed E-state index contributed by atoms with van der Waals surface area (Å²) >= 11 is 6.95. The lowest BCUT2D eigenvalue weighted by Gasteiger charge is -2.33. The molecule has 1 aromatic carbocycles. The number of nitrogens with zero attached hydrogens (tertiary/aromatic N) is 3.